The quantitative estimate of drug-likeness (QED) is 0.659. The third-order valence-electron chi connectivity index (χ3n) is 3.77. The number of ether oxygens (including phenoxy) is 2. The lowest BCUT2D eigenvalue weighted by atomic mass is 10.1. The lowest BCUT2D eigenvalue weighted by Crippen LogP contribution is -2.19. The summed E-state index contributed by atoms with van der Waals surface area (Å²) in [6.45, 7) is 1.83. The van der Waals surface area contributed by atoms with Gasteiger partial charge in [-0.3, -0.25) is 9.59 Å². The Hall–Kier alpha value is -3.00. The number of amides is 2. The summed E-state index contributed by atoms with van der Waals surface area (Å²) < 4.78 is 9.74. The summed E-state index contributed by atoms with van der Waals surface area (Å²) in [7, 11) is 2.87. The topological polar surface area (TPSA) is 93.7 Å². The van der Waals surface area contributed by atoms with Crippen molar-refractivity contribution >= 4 is 40.9 Å². The molecule has 0 saturated heterocycles. The van der Waals surface area contributed by atoms with E-state index in [2.05, 4.69) is 15.4 Å². The Balaban J connectivity index is 1.80. The van der Waals surface area contributed by atoms with Crippen molar-refractivity contribution in [3.63, 3.8) is 0 Å². The maximum Gasteiger partial charge on any atom is 0.337 e. The maximum atomic E-state index is 12.1. The number of esters is 1. The fourth-order valence-electron chi connectivity index (χ4n) is 2.30. The summed E-state index contributed by atoms with van der Waals surface area (Å²) in [5, 5.41) is 5.51. The summed E-state index contributed by atoms with van der Waals surface area (Å²) in [4.78, 5) is 35.7. The molecule has 2 aromatic carbocycles. The van der Waals surface area contributed by atoms with Crippen LogP contribution in [0.4, 0.5) is 11.4 Å². The van der Waals surface area contributed by atoms with Crippen molar-refractivity contribution in [1.29, 1.82) is 0 Å². The molecule has 28 heavy (non-hydrogen) atoms. The predicted octanol–water partition coefficient (Wildman–Crippen LogP) is 3.10. The molecule has 0 bridgehead atoms. The number of anilines is 2. The fourth-order valence-corrected chi connectivity index (χ4v) is 2.91. The highest BCUT2D eigenvalue weighted by molar-refractivity contribution is 8.00. The van der Waals surface area contributed by atoms with Crippen LogP contribution in [0.15, 0.2) is 42.5 Å². The number of rotatable bonds is 8. The van der Waals surface area contributed by atoms with E-state index in [9.17, 15) is 14.4 Å². The maximum absolute atomic E-state index is 12.1. The highest BCUT2D eigenvalue weighted by Crippen LogP contribution is 2.18. The zero-order valence-corrected chi connectivity index (χ0v) is 16.7. The van der Waals surface area contributed by atoms with Gasteiger partial charge in [-0.15, -0.1) is 11.8 Å². The lowest BCUT2D eigenvalue weighted by molar-refractivity contribution is -0.114. The van der Waals surface area contributed by atoms with E-state index in [4.69, 9.17) is 4.74 Å². The average Bonchev–Trinajstić information content (AvgIpc) is 2.69. The molecule has 0 heterocycles. The Labute approximate surface area is 167 Å². The summed E-state index contributed by atoms with van der Waals surface area (Å²) in [6, 6.07) is 11.9. The van der Waals surface area contributed by atoms with E-state index < -0.39 is 5.97 Å². The molecule has 0 unspecified atom stereocenters. The van der Waals surface area contributed by atoms with E-state index >= 15 is 0 Å². The number of methoxy groups -OCH3 is 2. The van der Waals surface area contributed by atoms with Crippen molar-refractivity contribution in [2.75, 3.05) is 36.4 Å². The van der Waals surface area contributed by atoms with Gasteiger partial charge in [-0.1, -0.05) is 6.07 Å². The van der Waals surface area contributed by atoms with Gasteiger partial charge in [0.1, 0.15) is 5.75 Å². The van der Waals surface area contributed by atoms with Crippen LogP contribution in [0.1, 0.15) is 15.9 Å². The van der Waals surface area contributed by atoms with Crippen LogP contribution >= 0.6 is 11.8 Å². The third kappa shape index (κ3) is 6.31. The van der Waals surface area contributed by atoms with Gasteiger partial charge in [0.2, 0.25) is 11.8 Å². The second-order valence-corrected chi connectivity index (χ2v) is 6.82. The van der Waals surface area contributed by atoms with Gasteiger partial charge in [0.25, 0.3) is 0 Å². The van der Waals surface area contributed by atoms with Crippen LogP contribution in [0.3, 0.4) is 0 Å². The summed E-state index contributed by atoms with van der Waals surface area (Å²) >= 11 is 1.20. The second-order valence-electron chi connectivity index (χ2n) is 5.84. The van der Waals surface area contributed by atoms with E-state index in [1.54, 1.807) is 49.6 Å². The van der Waals surface area contributed by atoms with Crippen molar-refractivity contribution in [1.82, 2.24) is 0 Å². The van der Waals surface area contributed by atoms with Crippen LogP contribution in [0.2, 0.25) is 0 Å². The van der Waals surface area contributed by atoms with E-state index in [-0.39, 0.29) is 23.3 Å². The van der Waals surface area contributed by atoms with Crippen LogP contribution in [0, 0.1) is 6.92 Å². The van der Waals surface area contributed by atoms with Gasteiger partial charge < -0.3 is 20.1 Å². The molecule has 0 radical (unpaired) electrons. The molecule has 0 fully saturated rings. The Bertz CT molecular complexity index is 852. The van der Waals surface area contributed by atoms with Gasteiger partial charge >= 0.3 is 5.97 Å². The van der Waals surface area contributed by atoms with Gasteiger partial charge in [-0.05, 0) is 48.9 Å². The van der Waals surface area contributed by atoms with Gasteiger partial charge in [-0.25, -0.2) is 4.79 Å². The van der Waals surface area contributed by atoms with E-state index in [1.807, 2.05) is 6.92 Å². The second kappa shape index (κ2) is 10.4. The van der Waals surface area contributed by atoms with Crippen molar-refractivity contribution in [2.24, 2.45) is 0 Å². The number of carbonyl (C=O) groups is 3. The van der Waals surface area contributed by atoms with Crippen LogP contribution in [-0.2, 0) is 14.3 Å². The molecule has 2 aromatic rings. The van der Waals surface area contributed by atoms with Crippen LogP contribution in [-0.4, -0.2) is 43.5 Å². The smallest absolute Gasteiger partial charge is 0.337 e. The number of benzene rings is 2. The molecule has 0 aliphatic carbocycles. The fraction of sp³-hybridized carbons (Fsp3) is 0.250. The molecule has 148 valence electrons. The number of nitrogens with one attached hydrogen (secondary N) is 2. The Morgan fingerprint density at radius 3 is 2.18 bits per heavy atom. The number of carbonyl (C=O) groups excluding carboxylic acids is 3. The normalized spacial score (nSPS) is 10.1. The van der Waals surface area contributed by atoms with Gasteiger partial charge in [0, 0.05) is 11.4 Å². The molecule has 0 atom stereocenters. The van der Waals surface area contributed by atoms with Crippen LogP contribution in [0.5, 0.6) is 5.75 Å². The number of hydrogen-bond donors (Lipinski definition) is 2. The van der Waals surface area contributed by atoms with E-state index in [1.165, 1.54) is 18.9 Å². The minimum atomic E-state index is -0.472. The summed E-state index contributed by atoms with van der Waals surface area (Å²) in [6.07, 6.45) is 0. The summed E-state index contributed by atoms with van der Waals surface area (Å²) in [5.74, 6) is 0.0216. The molecule has 0 aromatic heterocycles. The number of hydrogen-bond acceptors (Lipinski definition) is 6. The molecule has 0 spiro atoms. The first-order valence-corrected chi connectivity index (χ1v) is 9.59. The largest absolute Gasteiger partial charge is 0.497 e. The Morgan fingerprint density at radius 2 is 1.57 bits per heavy atom. The molecule has 2 rings (SSSR count). The zero-order valence-electron chi connectivity index (χ0n) is 15.9. The highest BCUT2D eigenvalue weighted by Gasteiger charge is 2.11. The van der Waals surface area contributed by atoms with Crippen LogP contribution < -0.4 is 15.4 Å². The predicted molar refractivity (Wildman–Crippen MR) is 110 cm³/mol. The van der Waals surface area contributed by atoms with Crippen molar-refractivity contribution in [3.8, 4) is 5.75 Å². The highest BCUT2D eigenvalue weighted by atomic mass is 32.2. The molecule has 2 amide bonds. The van der Waals surface area contributed by atoms with Gasteiger partial charge in [-0.2, -0.15) is 0 Å². The molecule has 0 aliphatic heterocycles. The molecule has 0 aliphatic rings. The van der Waals surface area contributed by atoms with E-state index in [0.717, 1.165) is 5.56 Å². The molecule has 8 heteroatoms. The van der Waals surface area contributed by atoms with Gasteiger partial charge in [0.15, 0.2) is 0 Å². The molecular formula is C20H22N2O5S. The summed E-state index contributed by atoms with van der Waals surface area (Å²) in [5.41, 5.74) is 2.38. The van der Waals surface area contributed by atoms with E-state index in [0.29, 0.717) is 22.7 Å². The van der Waals surface area contributed by atoms with Gasteiger partial charge in [0.05, 0.1) is 31.3 Å². The zero-order chi connectivity index (χ0) is 20.5. The third-order valence-corrected chi connectivity index (χ3v) is 4.71. The van der Waals surface area contributed by atoms with Crippen molar-refractivity contribution < 1.29 is 23.9 Å². The minimum absolute atomic E-state index is 0.109. The van der Waals surface area contributed by atoms with Crippen LogP contribution in [0.25, 0.3) is 0 Å². The van der Waals surface area contributed by atoms with Crippen molar-refractivity contribution in [2.45, 2.75) is 6.92 Å². The first-order valence-electron chi connectivity index (χ1n) is 8.43. The first-order chi connectivity index (χ1) is 13.4. The molecule has 2 N–H and O–H groups in total. The standard InChI is InChI=1S/C20H22N2O5S/c1-13-4-5-14(20(25)27-3)10-17(13)22-19(24)12-28-11-18(23)21-15-6-8-16(26-2)9-7-15/h4-10H,11-12H2,1-3H3,(H,21,23)(H,22,24). The van der Waals surface area contributed by atoms with Crippen molar-refractivity contribution in [3.05, 3.63) is 53.6 Å². The SMILES string of the molecule is COC(=O)c1ccc(C)c(NC(=O)CSCC(=O)Nc2ccc(OC)cc2)c1. The first kappa shape index (κ1) is 21.3. The molecule has 0 saturated carbocycles. The lowest BCUT2D eigenvalue weighted by Gasteiger charge is -2.10. The number of aryl methyl sites for hydroxylation is 1. The minimum Gasteiger partial charge on any atom is -0.497 e. The Morgan fingerprint density at radius 1 is 0.929 bits per heavy atom. The number of thioether (sulfide) groups is 1. The Kier molecular flexibility index (Phi) is 7.88. The average molecular weight is 402 g/mol. The monoisotopic (exact) mass is 402 g/mol. The molecular weight excluding hydrogens is 380 g/mol. The molecule has 7 nitrogen and oxygen atoms in total.